The highest BCUT2D eigenvalue weighted by atomic mass is 32.1. The number of hydrogen-bond donors (Lipinski definition) is 1. The second kappa shape index (κ2) is 6.42. The maximum Gasteiger partial charge on any atom is 0.254 e. The number of rotatable bonds is 5. The molecule has 3 rings (SSSR count). The van der Waals surface area contributed by atoms with Crippen LogP contribution in [0.15, 0.2) is 35.0 Å². The Bertz CT molecular complexity index is 829. The van der Waals surface area contributed by atoms with Gasteiger partial charge in [0, 0.05) is 35.1 Å². The highest BCUT2D eigenvalue weighted by Crippen LogP contribution is 2.27. The summed E-state index contributed by atoms with van der Waals surface area (Å²) in [5.41, 5.74) is 1.74. The molecule has 0 aliphatic rings. The molecule has 120 valence electrons. The van der Waals surface area contributed by atoms with Crippen molar-refractivity contribution in [1.29, 1.82) is 0 Å². The van der Waals surface area contributed by atoms with E-state index in [0.29, 0.717) is 17.9 Å². The first-order chi connectivity index (χ1) is 11.0. The second-order valence-corrected chi connectivity index (χ2v) is 6.67. The smallest absolute Gasteiger partial charge is 0.254 e. The van der Waals surface area contributed by atoms with Gasteiger partial charge in [0.25, 0.3) is 5.91 Å². The standard InChI is InChI=1S/C17H19N3O2S/c1-11-8-15(12(2)22-11)17(21)18-7-6-14-4-5-16(23-14)13-9-19-20(3)10-13/h4-5,8-10H,6-7H2,1-3H3,(H,18,21). The van der Waals surface area contributed by atoms with Gasteiger partial charge in [0.05, 0.1) is 11.8 Å². The van der Waals surface area contributed by atoms with Crippen molar-refractivity contribution in [2.45, 2.75) is 20.3 Å². The molecule has 0 aliphatic carbocycles. The number of amides is 1. The van der Waals surface area contributed by atoms with E-state index in [-0.39, 0.29) is 5.91 Å². The zero-order chi connectivity index (χ0) is 16.4. The van der Waals surface area contributed by atoms with E-state index >= 15 is 0 Å². The van der Waals surface area contributed by atoms with Crippen LogP contribution < -0.4 is 5.32 Å². The fourth-order valence-corrected chi connectivity index (χ4v) is 3.45. The number of nitrogens with one attached hydrogen (secondary N) is 1. The lowest BCUT2D eigenvalue weighted by Gasteiger charge is -2.02. The third-order valence-electron chi connectivity index (χ3n) is 3.59. The molecule has 0 atom stereocenters. The van der Waals surface area contributed by atoms with Crippen LogP contribution in [-0.2, 0) is 13.5 Å². The molecule has 0 unspecified atom stereocenters. The van der Waals surface area contributed by atoms with E-state index in [1.54, 1.807) is 29.0 Å². The summed E-state index contributed by atoms with van der Waals surface area (Å²) in [6, 6.07) is 5.98. The lowest BCUT2D eigenvalue weighted by atomic mass is 10.2. The summed E-state index contributed by atoms with van der Waals surface area (Å²) in [6.45, 7) is 4.26. The van der Waals surface area contributed by atoms with Gasteiger partial charge in [0.15, 0.2) is 0 Å². The summed E-state index contributed by atoms with van der Waals surface area (Å²) in [5, 5.41) is 7.13. The number of nitrogens with zero attached hydrogens (tertiary/aromatic N) is 2. The first kappa shape index (κ1) is 15.6. The van der Waals surface area contributed by atoms with Gasteiger partial charge >= 0.3 is 0 Å². The van der Waals surface area contributed by atoms with E-state index in [1.165, 1.54) is 9.75 Å². The van der Waals surface area contributed by atoms with Crippen LogP contribution in [0.3, 0.4) is 0 Å². The van der Waals surface area contributed by atoms with Gasteiger partial charge in [-0.1, -0.05) is 0 Å². The molecule has 0 fully saturated rings. The van der Waals surface area contributed by atoms with E-state index in [2.05, 4.69) is 22.5 Å². The van der Waals surface area contributed by atoms with Crippen molar-refractivity contribution in [1.82, 2.24) is 15.1 Å². The number of aromatic nitrogens is 2. The van der Waals surface area contributed by atoms with Crippen molar-refractivity contribution in [2.24, 2.45) is 7.05 Å². The quantitative estimate of drug-likeness (QED) is 0.781. The van der Waals surface area contributed by atoms with E-state index in [4.69, 9.17) is 4.42 Å². The first-order valence-electron chi connectivity index (χ1n) is 7.46. The monoisotopic (exact) mass is 329 g/mol. The van der Waals surface area contributed by atoms with Crippen molar-refractivity contribution < 1.29 is 9.21 Å². The van der Waals surface area contributed by atoms with Gasteiger partial charge < -0.3 is 9.73 Å². The first-order valence-corrected chi connectivity index (χ1v) is 8.27. The highest BCUT2D eigenvalue weighted by molar-refractivity contribution is 7.15. The van der Waals surface area contributed by atoms with Gasteiger partial charge in [-0.05, 0) is 38.5 Å². The van der Waals surface area contributed by atoms with E-state index in [0.717, 1.165) is 17.7 Å². The average molecular weight is 329 g/mol. The zero-order valence-corrected chi connectivity index (χ0v) is 14.2. The lowest BCUT2D eigenvalue weighted by molar-refractivity contribution is 0.0952. The fourth-order valence-electron chi connectivity index (χ4n) is 2.47. The maximum absolute atomic E-state index is 12.1. The molecule has 1 N–H and O–H groups in total. The van der Waals surface area contributed by atoms with Crippen LogP contribution in [0.4, 0.5) is 0 Å². The minimum atomic E-state index is -0.0802. The van der Waals surface area contributed by atoms with Crippen LogP contribution in [0.5, 0.6) is 0 Å². The molecule has 0 aliphatic heterocycles. The summed E-state index contributed by atoms with van der Waals surface area (Å²) >= 11 is 1.73. The van der Waals surface area contributed by atoms with Gasteiger partial charge in [-0.3, -0.25) is 9.48 Å². The van der Waals surface area contributed by atoms with Crippen molar-refractivity contribution in [3.05, 3.63) is 52.6 Å². The molecule has 23 heavy (non-hydrogen) atoms. The Morgan fingerprint density at radius 3 is 2.87 bits per heavy atom. The van der Waals surface area contributed by atoms with Crippen LogP contribution >= 0.6 is 11.3 Å². The number of aryl methyl sites for hydroxylation is 3. The van der Waals surface area contributed by atoms with Crippen LogP contribution in [0.2, 0.25) is 0 Å². The maximum atomic E-state index is 12.1. The van der Waals surface area contributed by atoms with E-state index < -0.39 is 0 Å². The molecule has 6 heteroatoms. The predicted molar refractivity (Wildman–Crippen MR) is 90.7 cm³/mol. The van der Waals surface area contributed by atoms with Crippen LogP contribution in [-0.4, -0.2) is 22.2 Å². The van der Waals surface area contributed by atoms with Gasteiger partial charge in [-0.25, -0.2) is 0 Å². The fraction of sp³-hybridized carbons (Fsp3) is 0.294. The Labute approximate surface area is 138 Å². The molecule has 0 saturated carbocycles. The summed E-state index contributed by atoms with van der Waals surface area (Å²) in [4.78, 5) is 14.6. The molecular weight excluding hydrogens is 310 g/mol. The Kier molecular flexibility index (Phi) is 4.34. The molecule has 0 saturated heterocycles. The normalized spacial score (nSPS) is 10.9. The van der Waals surface area contributed by atoms with Gasteiger partial charge in [0.1, 0.15) is 11.5 Å². The molecule has 0 spiro atoms. The molecule has 5 nitrogen and oxygen atoms in total. The molecule has 0 radical (unpaired) electrons. The van der Waals surface area contributed by atoms with E-state index in [1.807, 2.05) is 26.4 Å². The van der Waals surface area contributed by atoms with Crippen LogP contribution in [0.25, 0.3) is 10.4 Å². The zero-order valence-electron chi connectivity index (χ0n) is 13.4. The Morgan fingerprint density at radius 1 is 1.39 bits per heavy atom. The molecule has 3 aromatic rings. The molecule has 3 aromatic heterocycles. The molecule has 0 bridgehead atoms. The van der Waals surface area contributed by atoms with Crippen molar-refractivity contribution >= 4 is 17.2 Å². The van der Waals surface area contributed by atoms with Gasteiger partial charge in [0.2, 0.25) is 0 Å². The Balaban J connectivity index is 1.56. The minimum Gasteiger partial charge on any atom is -0.466 e. The predicted octanol–water partition coefficient (Wildman–Crippen LogP) is 3.33. The number of furan rings is 1. The minimum absolute atomic E-state index is 0.0802. The molecule has 3 heterocycles. The molecule has 0 aromatic carbocycles. The largest absolute Gasteiger partial charge is 0.466 e. The summed E-state index contributed by atoms with van der Waals surface area (Å²) < 4.78 is 7.18. The summed E-state index contributed by atoms with van der Waals surface area (Å²) in [6.07, 6.45) is 4.68. The third-order valence-corrected chi connectivity index (χ3v) is 4.79. The van der Waals surface area contributed by atoms with Gasteiger partial charge in [-0.2, -0.15) is 5.10 Å². The lowest BCUT2D eigenvalue weighted by Crippen LogP contribution is -2.25. The Morgan fingerprint density at radius 2 is 2.22 bits per heavy atom. The summed E-state index contributed by atoms with van der Waals surface area (Å²) in [5.74, 6) is 1.34. The number of hydrogen-bond acceptors (Lipinski definition) is 4. The highest BCUT2D eigenvalue weighted by Gasteiger charge is 2.13. The summed E-state index contributed by atoms with van der Waals surface area (Å²) in [7, 11) is 1.91. The van der Waals surface area contributed by atoms with Crippen LogP contribution in [0, 0.1) is 13.8 Å². The topological polar surface area (TPSA) is 60.1 Å². The number of carbonyl (C=O) groups excluding carboxylic acids is 1. The van der Waals surface area contributed by atoms with E-state index in [9.17, 15) is 4.79 Å². The number of carbonyl (C=O) groups is 1. The number of thiophene rings is 1. The average Bonchev–Trinajstić information content (AvgIpc) is 3.19. The Hall–Kier alpha value is -2.34. The van der Waals surface area contributed by atoms with Crippen molar-refractivity contribution in [2.75, 3.05) is 6.54 Å². The van der Waals surface area contributed by atoms with Crippen molar-refractivity contribution in [3.8, 4) is 10.4 Å². The van der Waals surface area contributed by atoms with Crippen molar-refractivity contribution in [3.63, 3.8) is 0 Å². The van der Waals surface area contributed by atoms with Gasteiger partial charge in [-0.15, -0.1) is 11.3 Å². The molecular formula is C17H19N3O2S. The second-order valence-electron chi connectivity index (χ2n) is 5.50. The SMILES string of the molecule is Cc1cc(C(=O)NCCc2ccc(-c3cnn(C)c3)s2)c(C)o1. The molecule has 1 amide bonds. The third kappa shape index (κ3) is 3.53. The van der Waals surface area contributed by atoms with Crippen LogP contribution in [0.1, 0.15) is 26.8 Å².